The van der Waals surface area contributed by atoms with Crippen molar-refractivity contribution in [3.63, 3.8) is 0 Å². The van der Waals surface area contributed by atoms with Gasteiger partial charge in [0.15, 0.2) is 0 Å². The van der Waals surface area contributed by atoms with Crippen LogP contribution in [0, 0.1) is 11.3 Å². The monoisotopic (exact) mass is 469 g/mol. The number of aromatic nitrogens is 4. The van der Waals surface area contributed by atoms with Crippen LogP contribution < -0.4 is 27.2 Å². The second kappa shape index (κ2) is 10.4. The van der Waals surface area contributed by atoms with E-state index in [9.17, 15) is 14.9 Å². The van der Waals surface area contributed by atoms with Crippen LogP contribution >= 0.6 is 0 Å². The zero-order chi connectivity index (χ0) is 24.8. The molecule has 4 aromatic rings. The van der Waals surface area contributed by atoms with E-state index in [4.69, 9.17) is 10.5 Å². The van der Waals surface area contributed by atoms with Crippen molar-refractivity contribution in [2.24, 2.45) is 0 Å². The Balaban J connectivity index is 1.75. The van der Waals surface area contributed by atoms with E-state index in [0.717, 1.165) is 10.1 Å². The molecule has 0 unspecified atom stereocenters. The summed E-state index contributed by atoms with van der Waals surface area (Å²) in [6.45, 7) is 0.279. The van der Waals surface area contributed by atoms with Gasteiger partial charge in [0.2, 0.25) is 5.95 Å². The van der Waals surface area contributed by atoms with Crippen molar-refractivity contribution >= 4 is 11.8 Å². The lowest BCUT2D eigenvalue weighted by Gasteiger charge is -2.16. The Kier molecular flexibility index (Phi) is 6.88. The molecule has 10 heteroatoms. The maximum Gasteiger partial charge on any atom is 0.355 e. The molecule has 0 spiro atoms. The molecule has 2 heterocycles. The molecule has 0 saturated heterocycles. The zero-order valence-corrected chi connectivity index (χ0v) is 19.0. The Morgan fingerprint density at radius 3 is 2.46 bits per heavy atom. The van der Waals surface area contributed by atoms with Crippen LogP contribution in [0.3, 0.4) is 0 Å². The van der Waals surface area contributed by atoms with Crippen LogP contribution in [0.2, 0.25) is 0 Å². The van der Waals surface area contributed by atoms with Gasteiger partial charge in [0.25, 0.3) is 0 Å². The number of nitrogens with zero attached hydrogens (tertiary/aromatic N) is 5. The molecule has 4 rings (SSSR count). The third-order valence-corrected chi connectivity index (χ3v) is 5.48. The summed E-state index contributed by atoms with van der Waals surface area (Å²) in [6.07, 6.45) is 1.58. The topological polar surface area (TPSA) is 141 Å². The molecule has 0 amide bonds. The minimum absolute atomic E-state index is 0.0321. The standard InChI is InChI=1S/C25H23N7O3/c1-35-21-10-8-17(9-11-21)15-32-24(33)30-23(29-14-19-7-4-12-28-22(19)27)31(25(32)34)16-20-6-3-2-5-18(20)13-26/h2-12H,14-16H2,1H3,(H2,27,28)(H,29,30,33). The van der Waals surface area contributed by atoms with Crippen LogP contribution in [-0.4, -0.2) is 26.2 Å². The summed E-state index contributed by atoms with van der Waals surface area (Å²) in [5, 5.41) is 12.5. The minimum Gasteiger partial charge on any atom is -0.497 e. The molecule has 0 aliphatic carbocycles. The molecule has 35 heavy (non-hydrogen) atoms. The highest BCUT2D eigenvalue weighted by molar-refractivity contribution is 5.42. The van der Waals surface area contributed by atoms with E-state index < -0.39 is 11.4 Å². The van der Waals surface area contributed by atoms with Gasteiger partial charge in [0.1, 0.15) is 11.6 Å². The van der Waals surface area contributed by atoms with Crippen molar-refractivity contribution in [2.45, 2.75) is 19.6 Å². The number of methoxy groups -OCH3 is 1. The summed E-state index contributed by atoms with van der Waals surface area (Å²) >= 11 is 0. The number of ether oxygens (including phenoxy) is 1. The molecule has 0 aliphatic rings. The highest BCUT2D eigenvalue weighted by atomic mass is 16.5. The number of hydrogen-bond acceptors (Lipinski definition) is 8. The molecule has 0 atom stereocenters. The number of nitrogens with one attached hydrogen (secondary N) is 1. The summed E-state index contributed by atoms with van der Waals surface area (Å²) in [5.74, 6) is 1.07. The molecule has 0 aliphatic heterocycles. The van der Waals surface area contributed by atoms with Crippen molar-refractivity contribution in [1.82, 2.24) is 19.1 Å². The molecule has 0 fully saturated rings. The van der Waals surface area contributed by atoms with Crippen LogP contribution in [0.25, 0.3) is 0 Å². The highest BCUT2D eigenvalue weighted by Gasteiger charge is 2.16. The van der Waals surface area contributed by atoms with Crippen molar-refractivity contribution < 1.29 is 4.74 Å². The van der Waals surface area contributed by atoms with E-state index in [-0.39, 0.29) is 25.6 Å². The fraction of sp³-hybridized carbons (Fsp3) is 0.160. The number of benzene rings is 2. The first-order chi connectivity index (χ1) is 17.0. The fourth-order valence-corrected chi connectivity index (χ4v) is 3.57. The molecule has 2 aromatic carbocycles. The third kappa shape index (κ3) is 5.20. The Hall–Kier alpha value is -4.91. The predicted molar refractivity (Wildman–Crippen MR) is 131 cm³/mol. The SMILES string of the molecule is COc1ccc(Cn2c(=O)nc(NCc3cccnc3N)n(Cc3ccccc3C#N)c2=O)cc1. The van der Waals surface area contributed by atoms with Crippen LogP contribution in [0.4, 0.5) is 11.8 Å². The van der Waals surface area contributed by atoms with E-state index in [0.29, 0.717) is 28.3 Å². The van der Waals surface area contributed by atoms with Gasteiger partial charge in [-0.2, -0.15) is 10.2 Å². The fourth-order valence-electron chi connectivity index (χ4n) is 3.57. The van der Waals surface area contributed by atoms with Gasteiger partial charge < -0.3 is 15.8 Å². The molecule has 10 nitrogen and oxygen atoms in total. The Morgan fingerprint density at radius 2 is 1.74 bits per heavy atom. The summed E-state index contributed by atoms with van der Waals surface area (Å²) in [4.78, 5) is 34.6. The first-order valence-electron chi connectivity index (χ1n) is 10.8. The van der Waals surface area contributed by atoms with Crippen molar-refractivity contribution in [2.75, 3.05) is 18.2 Å². The average Bonchev–Trinajstić information content (AvgIpc) is 2.88. The van der Waals surface area contributed by atoms with Gasteiger partial charge in [-0.1, -0.05) is 36.4 Å². The molecule has 3 N–H and O–H groups in total. The summed E-state index contributed by atoms with van der Waals surface area (Å²) in [7, 11) is 1.56. The Morgan fingerprint density at radius 1 is 1.00 bits per heavy atom. The largest absolute Gasteiger partial charge is 0.497 e. The molecule has 0 saturated carbocycles. The first-order valence-corrected chi connectivity index (χ1v) is 10.8. The van der Waals surface area contributed by atoms with Gasteiger partial charge in [0, 0.05) is 18.3 Å². The smallest absolute Gasteiger partial charge is 0.355 e. The Labute approximate surface area is 200 Å². The van der Waals surface area contributed by atoms with Crippen molar-refractivity contribution in [1.29, 1.82) is 5.26 Å². The third-order valence-electron chi connectivity index (χ3n) is 5.48. The second-order valence-corrected chi connectivity index (χ2v) is 7.69. The number of hydrogen-bond donors (Lipinski definition) is 2. The van der Waals surface area contributed by atoms with E-state index in [1.165, 1.54) is 4.57 Å². The van der Waals surface area contributed by atoms with Crippen LogP contribution in [0.1, 0.15) is 22.3 Å². The van der Waals surface area contributed by atoms with E-state index in [2.05, 4.69) is 21.4 Å². The lowest BCUT2D eigenvalue weighted by Crippen LogP contribution is -2.43. The first kappa shape index (κ1) is 23.3. The number of rotatable bonds is 8. The van der Waals surface area contributed by atoms with Crippen LogP contribution in [0.5, 0.6) is 5.75 Å². The van der Waals surface area contributed by atoms with Gasteiger partial charge in [0.05, 0.1) is 31.8 Å². The number of nitrogen functional groups attached to an aromatic ring is 1. The normalized spacial score (nSPS) is 10.5. The minimum atomic E-state index is -0.697. The maximum atomic E-state index is 13.5. The highest BCUT2D eigenvalue weighted by Crippen LogP contribution is 2.14. The number of pyridine rings is 1. The van der Waals surface area contributed by atoms with Crippen LogP contribution in [-0.2, 0) is 19.6 Å². The number of nitrogens with two attached hydrogens (primary N) is 1. The summed E-state index contributed by atoms with van der Waals surface area (Å²) in [6, 6.07) is 19.7. The van der Waals surface area contributed by atoms with Crippen molar-refractivity contribution in [3.05, 3.63) is 110 Å². The summed E-state index contributed by atoms with van der Waals surface area (Å²) in [5.41, 5.74) is 7.14. The van der Waals surface area contributed by atoms with E-state index >= 15 is 0 Å². The van der Waals surface area contributed by atoms with Crippen molar-refractivity contribution in [3.8, 4) is 11.8 Å². The van der Waals surface area contributed by atoms with E-state index in [1.54, 1.807) is 74.0 Å². The maximum absolute atomic E-state index is 13.5. The van der Waals surface area contributed by atoms with Gasteiger partial charge in [-0.05, 0) is 35.4 Å². The Bertz CT molecular complexity index is 1500. The quantitative estimate of drug-likeness (QED) is 0.399. The lowest BCUT2D eigenvalue weighted by molar-refractivity contribution is 0.414. The van der Waals surface area contributed by atoms with Gasteiger partial charge >= 0.3 is 11.4 Å². The zero-order valence-electron chi connectivity index (χ0n) is 19.0. The molecule has 2 aromatic heterocycles. The summed E-state index contributed by atoms with van der Waals surface area (Å²) < 4.78 is 7.56. The molecule has 176 valence electrons. The molecule has 0 radical (unpaired) electrons. The van der Waals surface area contributed by atoms with Crippen LogP contribution in [0.15, 0.2) is 76.4 Å². The van der Waals surface area contributed by atoms with E-state index in [1.807, 2.05) is 0 Å². The molecular weight excluding hydrogens is 446 g/mol. The number of anilines is 2. The van der Waals surface area contributed by atoms with Gasteiger partial charge in [-0.25, -0.2) is 19.1 Å². The predicted octanol–water partition coefficient (Wildman–Crippen LogP) is 1.97. The molecular formula is C25H23N7O3. The second-order valence-electron chi connectivity index (χ2n) is 7.69. The average molecular weight is 470 g/mol. The lowest BCUT2D eigenvalue weighted by atomic mass is 10.1. The number of nitriles is 1. The molecule has 0 bridgehead atoms. The van der Waals surface area contributed by atoms with Gasteiger partial charge in [-0.15, -0.1) is 0 Å². The van der Waals surface area contributed by atoms with Gasteiger partial charge in [-0.3, -0.25) is 4.57 Å².